The monoisotopic (exact) mass is 184 g/mol. The van der Waals surface area contributed by atoms with E-state index in [1.807, 2.05) is 0 Å². The lowest BCUT2D eigenvalue weighted by Crippen LogP contribution is -2.11. The number of nitrogens with one attached hydrogen (secondary N) is 2. The van der Waals surface area contributed by atoms with Gasteiger partial charge in [0.2, 0.25) is 0 Å². The number of H-pyrrole nitrogens is 2. The standard InChI is InChI=1S/C7H8N2O2S/c1-2-5(10)4-3-6(11)9-7(12)8-4/h3H,2H2,1H3,(H2,8,9,11,12). The second-order valence-electron chi connectivity index (χ2n) is 2.28. The van der Waals surface area contributed by atoms with Crippen LogP contribution in [0.2, 0.25) is 0 Å². The van der Waals surface area contributed by atoms with E-state index in [2.05, 4.69) is 9.97 Å². The summed E-state index contributed by atoms with van der Waals surface area (Å²) in [5, 5.41) is 0. The molecule has 0 aliphatic heterocycles. The molecule has 2 N–H and O–H groups in total. The van der Waals surface area contributed by atoms with Crippen LogP contribution in [0, 0.1) is 4.77 Å². The van der Waals surface area contributed by atoms with E-state index >= 15 is 0 Å². The van der Waals surface area contributed by atoms with Gasteiger partial charge in [-0.1, -0.05) is 6.92 Å². The summed E-state index contributed by atoms with van der Waals surface area (Å²) in [6, 6.07) is 1.21. The first-order valence-electron chi connectivity index (χ1n) is 3.50. The van der Waals surface area contributed by atoms with Crippen LogP contribution in [0.3, 0.4) is 0 Å². The van der Waals surface area contributed by atoms with Gasteiger partial charge in [0.1, 0.15) is 0 Å². The van der Waals surface area contributed by atoms with Gasteiger partial charge in [-0.3, -0.25) is 14.6 Å². The fraction of sp³-hybridized carbons (Fsp3) is 0.286. The summed E-state index contributed by atoms with van der Waals surface area (Å²) < 4.78 is 0.180. The molecule has 0 unspecified atom stereocenters. The number of rotatable bonds is 2. The molecular weight excluding hydrogens is 176 g/mol. The van der Waals surface area contributed by atoms with Crippen LogP contribution >= 0.6 is 12.2 Å². The average Bonchev–Trinajstić information content (AvgIpc) is 2.01. The number of hydrogen-bond acceptors (Lipinski definition) is 3. The van der Waals surface area contributed by atoms with Gasteiger partial charge in [-0.15, -0.1) is 0 Å². The van der Waals surface area contributed by atoms with Gasteiger partial charge in [-0.2, -0.15) is 0 Å². The Bertz CT molecular complexity index is 376. The number of hydrogen-bond donors (Lipinski definition) is 2. The van der Waals surface area contributed by atoms with E-state index in [1.165, 1.54) is 6.07 Å². The van der Waals surface area contributed by atoms with Gasteiger partial charge in [0.15, 0.2) is 10.6 Å². The Morgan fingerprint density at radius 3 is 2.75 bits per heavy atom. The third-order valence-corrected chi connectivity index (χ3v) is 1.59. The molecule has 0 bridgehead atoms. The molecule has 0 spiro atoms. The fourth-order valence-corrected chi connectivity index (χ4v) is 1.02. The summed E-state index contributed by atoms with van der Waals surface area (Å²) in [5.41, 5.74) is -0.0817. The van der Waals surface area contributed by atoms with Crippen LogP contribution in [-0.4, -0.2) is 15.8 Å². The molecule has 1 aromatic rings. The van der Waals surface area contributed by atoms with Crippen LogP contribution in [0.4, 0.5) is 0 Å². The van der Waals surface area contributed by atoms with Gasteiger partial charge in [0.25, 0.3) is 5.56 Å². The summed E-state index contributed by atoms with van der Waals surface area (Å²) in [4.78, 5) is 26.9. The van der Waals surface area contributed by atoms with Gasteiger partial charge < -0.3 is 4.98 Å². The summed E-state index contributed by atoms with van der Waals surface area (Å²) >= 11 is 4.69. The Balaban J connectivity index is 3.27. The van der Waals surface area contributed by atoms with Crippen molar-refractivity contribution < 1.29 is 4.79 Å². The largest absolute Gasteiger partial charge is 0.329 e. The maximum atomic E-state index is 11.1. The summed E-state index contributed by atoms with van der Waals surface area (Å²) in [7, 11) is 0. The first-order chi connectivity index (χ1) is 5.63. The van der Waals surface area contributed by atoms with Gasteiger partial charge in [-0.25, -0.2) is 0 Å². The number of Topliss-reactive ketones (excluding diaryl/α,β-unsaturated/α-hetero) is 1. The smallest absolute Gasteiger partial charge is 0.252 e. The van der Waals surface area contributed by atoms with Crippen LogP contribution in [-0.2, 0) is 0 Å². The highest BCUT2D eigenvalue weighted by molar-refractivity contribution is 7.71. The van der Waals surface area contributed by atoms with E-state index in [9.17, 15) is 9.59 Å². The highest BCUT2D eigenvalue weighted by atomic mass is 32.1. The average molecular weight is 184 g/mol. The predicted octanol–water partition coefficient (Wildman–Crippen LogP) is 1.03. The van der Waals surface area contributed by atoms with Crippen LogP contribution in [0.1, 0.15) is 23.8 Å². The minimum absolute atomic E-state index is 0.118. The lowest BCUT2D eigenvalue weighted by Gasteiger charge is -1.95. The third-order valence-electron chi connectivity index (χ3n) is 1.38. The van der Waals surface area contributed by atoms with Crippen molar-refractivity contribution in [2.45, 2.75) is 13.3 Å². The van der Waals surface area contributed by atoms with Crippen molar-refractivity contribution in [3.05, 3.63) is 26.9 Å². The van der Waals surface area contributed by atoms with E-state index in [-0.39, 0.29) is 21.8 Å². The van der Waals surface area contributed by atoms with Crippen LogP contribution in [0.25, 0.3) is 0 Å². The molecule has 1 aromatic heterocycles. The molecule has 1 heterocycles. The Morgan fingerprint density at radius 1 is 1.58 bits per heavy atom. The van der Waals surface area contributed by atoms with E-state index in [0.29, 0.717) is 6.42 Å². The second-order valence-corrected chi connectivity index (χ2v) is 2.69. The summed E-state index contributed by atoms with van der Waals surface area (Å²) in [6.07, 6.45) is 0.356. The molecule has 0 aromatic carbocycles. The van der Waals surface area contributed by atoms with Crippen LogP contribution in [0.5, 0.6) is 0 Å². The first kappa shape index (κ1) is 8.86. The number of carbonyl (C=O) groups excluding carboxylic acids is 1. The number of carbonyl (C=O) groups is 1. The van der Waals surface area contributed by atoms with Crippen molar-refractivity contribution in [3.8, 4) is 0 Å². The van der Waals surface area contributed by atoms with E-state index in [1.54, 1.807) is 6.92 Å². The number of aromatic nitrogens is 2. The number of aromatic amines is 2. The maximum Gasteiger partial charge on any atom is 0.252 e. The quantitative estimate of drug-likeness (QED) is 0.533. The highest BCUT2D eigenvalue weighted by Gasteiger charge is 2.03. The highest BCUT2D eigenvalue weighted by Crippen LogP contribution is 1.94. The van der Waals surface area contributed by atoms with Crippen molar-refractivity contribution in [3.63, 3.8) is 0 Å². The zero-order valence-corrected chi connectivity index (χ0v) is 7.33. The van der Waals surface area contributed by atoms with Crippen molar-refractivity contribution >= 4 is 18.0 Å². The Kier molecular flexibility index (Phi) is 2.54. The maximum absolute atomic E-state index is 11.1. The molecule has 0 radical (unpaired) electrons. The molecule has 64 valence electrons. The molecule has 4 nitrogen and oxygen atoms in total. The van der Waals surface area contributed by atoms with E-state index in [4.69, 9.17) is 12.2 Å². The van der Waals surface area contributed by atoms with Crippen molar-refractivity contribution in [2.75, 3.05) is 0 Å². The molecule has 0 saturated carbocycles. The molecule has 1 rings (SSSR count). The minimum Gasteiger partial charge on any atom is -0.329 e. The van der Waals surface area contributed by atoms with Crippen molar-refractivity contribution in [2.24, 2.45) is 0 Å². The zero-order valence-electron chi connectivity index (χ0n) is 6.51. The molecule has 12 heavy (non-hydrogen) atoms. The fourth-order valence-electron chi connectivity index (χ4n) is 0.809. The summed E-state index contributed by atoms with van der Waals surface area (Å²) in [6.45, 7) is 1.72. The molecule has 0 atom stereocenters. The van der Waals surface area contributed by atoms with Gasteiger partial charge in [0.05, 0.1) is 5.69 Å². The van der Waals surface area contributed by atoms with E-state index in [0.717, 1.165) is 0 Å². The second kappa shape index (κ2) is 3.44. The lowest BCUT2D eigenvalue weighted by molar-refractivity contribution is 0.0983. The van der Waals surface area contributed by atoms with Gasteiger partial charge in [0, 0.05) is 12.5 Å². The SMILES string of the molecule is CCC(=O)c1cc(=O)[nH]c(=S)[nH]1. The van der Waals surface area contributed by atoms with Crippen molar-refractivity contribution in [1.29, 1.82) is 0 Å². The van der Waals surface area contributed by atoms with Crippen molar-refractivity contribution in [1.82, 2.24) is 9.97 Å². The third kappa shape index (κ3) is 1.88. The first-order valence-corrected chi connectivity index (χ1v) is 3.91. The van der Waals surface area contributed by atoms with Gasteiger partial charge >= 0.3 is 0 Å². The molecule has 0 aliphatic rings. The Labute approximate surface area is 73.6 Å². The lowest BCUT2D eigenvalue weighted by atomic mass is 10.2. The van der Waals surface area contributed by atoms with E-state index < -0.39 is 0 Å². The molecule has 0 fully saturated rings. The molecule has 0 aliphatic carbocycles. The minimum atomic E-state index is -0.351. The van der Waals surface area contributed by atoms with Crippen LogP contribution in [0.15, 0.2) is 10.9 Å². The Morgan fingerprint density at radius 2 is 2.25 bits per heavy atom. The molecule has 0 saturated heterocycles. The molecule has 5 heteroatoms. The predicted molar refractivity (Wildman–Crippen MR) is 46.9 cm³/mol. The normalized spacial score (nSPS) is 9.75. The number of ketones is 1. The molecule has 0 amide bonds. The topological polar surface area (TPSA) is 65.7 Å². The molecular formula is C7H8N2O2S. The van der Waals surface area contributed by atoms with Crippen LogP contribution < -0.4 is 5.56 Å². The summed E-state index contributed by atoms with van der Waals surface area (Å²) in [5.74, 6) is -0.118. The van der Waals surface area contributed by atoms with Gasteiger partial charge in [-0.05, 0) is 12.2 Å². The Hall–Kier alpha value is -1.23. The zero-order chi connectivity index (χ0) is 9.14.